The van der Waals surface area contributed by atoms with Gasteiger partial charge in [-0.1, -0.05) is 50.4 Å². The molecule has 4 aliphatic rings. The molecule has 0 heterocycles. The predicted octanol–water partition coefficient (Wildman–Crippen LogP) is 8.86. The largest absolute Gasteiger partial charge is 0.507 e. The molecule has 6 rings (SSSR count). The van der Waals surface area contributed by atoms with Crippen LogP contribution in [0.3, 0.4) is 0 Å². The van der Waals surface area contributed by atoms with E-state index in [-0.39, 0.29) is 23.1 Å². The monoisotopic (exact) mass is 632 g/mol. The van der Waals surface area contributed by atoms with Gasteiger partial charge in [-0.15, -0.1) is 6.58 Å². The molecule has 0 fully saturated rings. The van der Waals surface area contributed by atoms with Crippen LogP contribution in [0.4, 0.5) is 0 Å². The van der Waals surface area contributed by atoms with Crippen molar-refractivity contribution in [3.05, 3.63) is 131 Å². The van der Waals surface area contributed by atoms with Gasteiger partial charge in [-0.05, 0) is 105 Å². The molecule has 0 saturated carbocycles. The maximum Gasteiger partial charge on any atom is 0.165 e. The van der Waals surface area contributed by atoms with Crippen LogP contribution in [-0.4, -0.2) is 36.0 Å². The molecule has 0 amide bonds. The van der Waals surface area contributed by atoms with E-state index >= 15 is 0 Å². The fourth-order valence-corrected chi connectivity index (χ4v) is 7.96. The van der Waals surface area contributed by atoms with Crippen molar-refractivity contribution in [2.75, 3.05) is 14.2 Å². The zero-order valence-electron chi connectivity index (χ0n) is 28.4. The molecule has 2 aromatic carbocycles. The summed E-state index contributed by atoms with van der Waals surface area (Å²) in [6.45, 7) is 21.7. The van der Waals surface area contributed by atoms with Gasteiger partial charge in [-0.25, -0.2) is 0 Å². The minimum atomic E-state index is -0.834. The van der Waals surface area contributed by atoms with E-state index in [1.54, 1.807) is 32.4 Å². The minimum Gasteiger partial charge on any atom is -0.507 e. The van der Waals surface area contributed by atoms with Crippen LogP contribution in [-0.2, 0) is 20.4 Å². The van der Waals surface area contributed by atoms with E-state index in [4.69, 9.17) is 9.47 Å². The third kappa shape index (κ3) is 4.68. The molecule has 4 atom stereocenters. The van der Waals surface area contributed by atoms with E-state index in [0.717, 1.165) is 39.3 Å². The van der Waals surface area contributed by atoms with Gasteiger partial charge < -0.3 is 19.7 Å². The summed E-state index contributed by atoms with van der Waals surface area (Å²) in [5.41, 5.74) is 3.60. The highest BCUT2D eigenvalue weighted by Crippen LogP contribution is 2.57. The summed E-state index contributed by atoms with van der Waals surface area (Å²) in [6, 6.07) is 11.5. The maximum atomic E-state index is 12.7. The molecule has 2 unspecified atom stereocenters. The maximum absolute atomic E-state index is 12.7. The number of carbonyl (C=O) groups excluding carboxylic acids is 2. The molecule has 6 nitrogen and oxygen atoms in total. The van der Waals surface area contributed by atoms with Crippen LogP contribution in [0.15, 0.2) is 109 Å². The van der Waals surface area contributed by atoms with Crippen LogP contribution in [0.2, 0.25) is 0 Å². The Bertz CT molecular complexity index is 1880. The minimum absolute atomic E-state index is 0.0261. The Morgan fingerprint density at radius 2 is 1.13 bits per heavy atom. The molecule has 0 saturated heterocycles. The van der Waals surface area contributed by atoms with Crippen molar-refractivity contribution in [3.8, 4) is 11.5 Å². The SMILES string of the molecule is C=C1C(O)=C2[C@@](C)(CC)C(=O)C=C[C@@]2(C)c2cc(OC)ccc21.C=CCC1(C)C(=O)C=CC2(C)C1=C(O)C(=C)c1ccc(OC)cc12. The van der Waals surface area contributed by atoms with Gasteiger partial charge in [0.2, 0.25) is 0 Å². The second kappa shape index (κ2) is 11.4. The lowest BCUT2D eigenvalue weighted by atomic mass is 9.55. The van der Waals surface area contributed by atoms with Crippen molar-refractivity contribution in [2.45, 2.75) is 58.3 Å². The van der Waals surface area contributed by atoms with Gasteiger partial charge in [-0.3, -0.25) is 9.59 Å². The number of rotatable bonds is 5. The third-order valence-corrected chi connectivity index (χ3v) is 10.9. The predicted molar refractivity (Wildman–Crippen MR) is 188 cm³/mol. The number of hydrogen-bond donors (Lipinski definition) is 2. The number of fused-ring (bicyclic) bond motifs is 6. The van der Waals surface area contributed by atoms with Gasteiger partial charge in [0.05, 0.1) is 25.0 Å². The number of allylic oxidation sites excluding steroid dienone is 9. The summed E-state index contributed by atoms with van der Waals surface area (Å²) < 4.78 is 10.7. The first-order valence-corrected chi connectivity index (χ1v) is 15.8. The number of ether oxygens (including phenoxy) is 2. The Balaban J connectivity index is 0.000000185. The molecule has 0 bridgehead atoms. The number of benzene rings is 2. The summed E-state index contributed by atoms with van der Waals surface area (Å²) in [6.07, 6.45) is 9.84. The molecule has 0 aliphatic heterocycles. The first-order chi connectivity index (χ1) is 22.1. The lowest BCUT2D eigenvalue weighted by Crippen LogP contribution is -2.44. The second-order valence-corrected chi connectivity index (χ2v) is 13.5. The van der Waals surface area contributed by atoms with Crippen LogP contribution < -0.4 is 9.47 Å². The fourth-order valence-electron chi connectivity index (χ4n) is 7.96. The average molecular weight is 633 g/mol. The summed E-state index contributed by atoms with van der Waals surface area (Å²) in [7, 11) is 3.25. The van der Waals surface area contributed by atoms with Gasteiger partial charge >= 0.3 is 0 Å². The van der Waals surface area contributed by atoms with Gasteiger partial charge in [0.25, 0.3) is 0 Å². The molecule has 244 valence electrons. The van der Waals surface area contributed by atoms with Crippen LogP contribution in [0, 0.1) is 10.8 Å². The Labute approximate surface area is 277 Å². The second-order valence-electron chi connectivity index (χ2n) is 13.5. The summed E-state index contributed by atoms with van der Waals surface area (Å²) in [5.74, 6) is 1.74. The average Bonchev–Trinajstić information content (AvgIpc) is 3.06. The van der Waals surface area contributed by atoms with Crippen molar-refractivity contribution >= 4 is 22.7 Å². The molecule has 4 aliphatic carbocycles. The summed E-state index contributed by atoms with van der Waals surface area (Å²) >= 11 is 0. The smallest absolute Gasteiger partial charge is 0.165 e. The lowest BCUT2D eigenvalue weighted by molar-refractivity contribution is -0.122. The normalized spacial score (nSPS) is 28.9. The number of ketones is 2. The topological polar surface area (TPSA) is 93.1 Å². The van der Waals surface area contributed by atoms with Crippen molar-refractivity contribution in [3.63, 3.8) is 0 Å². The Morgan fingerprint density at radius 1 is 0.723 bits per heavy atom. The number of methoxy groups -OCH3 is 2. The Kier molecular flexibility index (Phi) is 8.16. The van der Waals surface area contributed by atoms with E-state index in [9.17, 15) is 19.8 Å². The van der Waals surface area contributed by atoms with E-state index in [1.165, 1.54) is 0 Å². The Morgan fingerprint density at radius 3 is 1.51 bits per heavy atom. The highest BCUT2D eigenvalue weighted by molar-refractivity contribution is 6.03. The van der Waals surface area contributed by atoms with Crippen molar-refractivity contribution in [1.82, 2.24) is 0 Å². The molecule has 2 aromatic rings. The van der Waals surface area contributed by atoms with Crippen molar-refractivity contribution in [2.24, 2.45) is 10.8 Å². The molecule has 0 aromatic heterocycles. The van der Waals surface area contributed by atoms with Crippen molar-refractivity contribution in [1.29, 1.82) is 0 Å². The van der Waals surface area contributed by atoms with Crippen LogP contribution in [0.1, 0.15) is 69.7 Å². The molecule has 47 heavy (non-hydrogen) atoms. The molecule has 0 spiro atoms. The fraction of sp³-hybridized carbons (Fsp3) is 0.317. The Hall–Kier alpha value is -4.84. The highest BCUT2D eigenvalue weighted by Gasteiger charge is 2.53. The van der Waals surface area contributed by atoms with E-state index in [2.05, 4.69) is 19.7 Å². The number of aliphatic hydroxyl groups is 2. The molecular weight excluding hydrogens is 588 g/mol. The number of hydrogen-bond acceptors (Lipinski definition) is 6. The zero-order chi connectivity index (χ0) is 34.7. The van der Waals surface area contributed by atoms with Crippen molar-refractivity contribution < 1.29 is 29.3 Å². The molecule has 2 N–H and O–H groups in total. The third-order valence-electron chi connectivity index (χ3n) is 10.9. The van der Waals surface area contributed by atoms with Crippen LogP contribution in [0.5, 0.6) is 11.5 Å². The summed E-state index contributed by atoms with van der Waals surface area (Å²) in [4.78, 5) is 25.2. The van der Waals surface area contributed by atoms with Crippen LogP contribution in [0.25, 0.3) is 11.1 Å². The van der Waals surface area contributed by atoms with Gasteiger partial charge in [0, 0.05) is 27.5 Å². The first kappa shape index (κ1) is 33.5. The first-order valence-electron chi connectivity index (χ1n) is 15.8. The molecular formula is C41H44O6. The van der Waals surface area contributed by atoms with Gasteiger partial charge in [0.1, 0.15) is 23.0 Å². The quantitative estimate of drug-likeness (QED) is 0.320. The standard InChI is InChI=1S/C21H22O3.C20H22O3/c1-6-10-21(4)17(22)9-11-20(3)16-12-14(24-5)7-8-15(16)13(2)18(23)19(20)21;1-6-19(3)16(21)9-10-20(4)15-11-13(23-5)7-8-14(15)12(2)17(22)18(19)20/h6-9,11-12,23H,1-2,10H2,3-5H3;7-11,22H,2,6H2,1,3-5H3/t;19-,20-/m.0/s1. The highest BCUT2D eigenvalue weighted by atomic mass is 16.5. The van der Waals surface area contributed by atoms with E-state index in [0.29, 0.717) is 29.6 Å². The lowest BCUT2D eigenvalue weighted by Gasteiger charge is -2.47. The number of carbonyl (C=O) groups is 2. The number of aliphatic hydroxyl groups excluding tert-OH is 2. The van der Waals surface area contributed by atoms with Gasteiger partial charge in [-0.2, -0.15) is 0 Å². The summed E-state index contributed by atoms with van der Waals surface area (Å²) in [5, 5.41) is 21.8. The van der Waals surface area contributed by atoms with Crippen LogP contribution >= 0.6 is 0 Å². The van der Waals surface area contributed by atoms with E-state index < -0.39 is 21.7 Å². The molecule has 6 heteroatoms. The van der Waals surface area contributed by atoms with Gasteiger partial charge in [0.15, 0.2) is 11.6 Å². The van der Waals surface area contributed by atoms with E-state index in [1.807, 2.05) is 83.2 Å². The zero-order valence-corrected chi connectivity index (χ0v) is 28.4. The molecule has 0 radical (unpaired) electrons.